The van der Waals surface area contributed by atoms with Crippen molar-refractivity contribution in [3.63, 3.8) is 0 Å². The van der Waals surface area contributed by atoms with E-state index in [1.807, 2.05) is 36.4 Å². The lowest BCUT2D eigenvalue weighted by Gasteiger charge is -2.51. The summed E-state index contributed by atoms with van der Waals surface area (Å²) in [5, 5.41) is 9.35. The first-order chi connectivity index (χ1) is 14.7. The highest BCUT2D eigenvalue weighted by Gasteiger charge is 2.50. The molecule has 2 aromatic rings. The van der Waals surface area contributed by atoms with E-state index in [9.17, 15) is 9.90 Å². The second-order valence-electron chi connectivity index (χ2n) is 8.72. The number of ether oxygens (including phenoxy) is 1. The van der Waals surface area contributed by atoms with Crippen molar-refractivity contribution in [3.8, 4) is 11.5 Å². The molecule has 0 aromatic heterocycles. The minimum absolute atomic E-state index is 0.198. The van der Waals surface area contributed by atoms with Crippen LogP contribution in [0.15, 0.2) is 48.5 Å². The van der Waals surface area contributed by atoms with Crippen LogP contribution in [-0.4, -0.2) is 23.7 Å². The zero-order valence-electron chi connectivity index (χ0n) is 17.9. The number of carbonyl (C=O) groups is 1. The Kier molecular flexibility index (Phi) is 6.61. The Morgan fingerprint density at radius 3 is 2.37 bits per heavy atom. The maximum Gasteiger partial charge on any atom is 0.232 e. The van der Waals surface area contributed by atoms with E-state index in [1.165, 1.54) is 37.7 Å². The summed E-state index contributed by atoms with van der Waals surface area (Å²) in [5.41, 5.74) is 2.21. The molecule has 1 heterocycles. The van der Waals surface area contributed by atoms with Crippen LogP contribution in [0.3, 0.4) is 0 Å². The molecule has 2 aromatic carbocycles. The van der Waals surface area contributed by atoms with Gasteiger partial charge in [-0.1, -0.05) is 38.3 Å². The number of hydrogen-bond acceptors (Lipinski definition) is 3. The van der Waals surface area contributed by atoms with Crippen molar-refractivity contribution in [2.24, 2.45) is 11.8 Å². The molecular weight excluding hydrogens is 374 g/mol. The number of hydrogen-bond donors (Lipinski definition) is 1. The van der Waals surface area contributed by atoms with E-state index in [0.29, 0.717) is 24.3 Å². The summed E-state index contributed by atoms with van der Waals surface area (Å²) in [5.74, 6) is 2.28. The number of carbonyl (C=O) groups excluding carboxylic acids is 1. The highest BCUT2D eigenvalue weighted by Crippen LogP contribution is 2.43. The van der Waals surface area contributed by atoms with Gasteiger partial charge in [0.1, 0.15) is 11.5 Å². The van der Waals surface area contributed by atoms with Gasteiger partial charge in [0.15, 0.2) is 0 Å². The van der Waals surface area contributed by atoms with Gasteiger partial charge in [0.25, 0.3) is 0 Å². The first-order valence-corrected chi connectivity index (χ1v) is 11.5. The average Bonchev–Trinajstić information content (AvgIpc) is 2.78. The number of nitrogens with zero attached hydrogens (tertiary/aromatic N) is 1. The Morgan fingerprint density at radius 1 is 1.00 bits per heavy atom. The van der Waals surface area contributed by atoms with Gasteiger partial charge in [-0.2, -0.15) is 0 Å². The number of aromatic hydroxyl groups is 1. The third-order valence-corrected chi connectivity index (χ3v) is 6.77. The van der Waals surface area contributed by atoms with Crippen molar-refractivity contribution in [2.75, 3.05) is 11.5 Å². The Labute approximate surface area is 179 Å². The second-order valence-corrected chi connectivity index (χ2v) is 8.72. The molecule has 160 valence electrons. The molecule has 30 heavy (non-hydrogen) atoms. The molecule has 2 atom stereocenters. The van der Waals surface area contributed by atoms with Crippen molar-refractivity contribution in [1.29, 1.82) is 0 Å². The lowest BCUT2D eigenvalue weighted by atomic mass is 9.71. The van der Waals surface area contributed by atoms with E-state index in [4.69, 9.17) is 4.74 Å². The van der Waals surface area contributed by atoms with Gasteiger partial charge in [-0.25, -0.2) is 0 Å². The third kappa shape index (κ3) is 4.48. The Hall–Kier alpha value is -2.49. The summed E-state index contributed by atoms with van der Waals surface area (Å²) >= 11 is 0. The van der Waals surface area contributed by atoms with Crippen LogP contribution in [0.4, 0.5) is 5.69 Å². The van der Waals surface area contributed by atoms with Crippen molar-refractivity contribution in [1.82, 2.24) is 0 Å². The SMILES string of the molecule is CC[C@@H]1C(=O)N(c2ccc(OCCCc3ccc(O)cc3)cc2)[C@H]1C1CCCCC1. The highest BCUT2D eigenvalue weighted by atomic mass is 16.5. The molecule has 0 unspecified atom stereocenters. The van der Waals surface area contributed by atoms with Crippen LogP contribution >= 0.6 is 0 Å². The van der Waals surface area contributed by atoms with E-state index in [2.05, 4.69) is 11.8 Å². The molecule has 1 aliphatic heterocycles. The van der Waals surface area contributed by atoms with E-state index < -0.39 is 0 Å². The fourth-order valence-corrected chi connectivity index (χ4v) is 5.13. The number of phenols is 1. The zero-order valence-corrected chi connectivity index (χ0v) is 17.9. The topological polar surface area (TPSA) is 49.8 Å². The van der Waals surface area contributed by atoms with Crippen LogP contribution in [0.1, 0.15) is 57.4 Å². The van der Waals surface area contributed by atoms with Crippen LogP contribution in [0.25, 0.3) is 0 Å². The molecule has 2 fully saturated rings. The van der Waals surface area contributed by atoms with Gasteiger partial charge in [-0.05, 0) is 80.0 Å². The molecule has 1 N–H and O–H groups in total. The summed E-state index contributed by atoms with van der Waals surface area (Å²) in [6, 6.07) is 15.7. The van der Waals surface area contributed by atoms with Gasteiger partial charge in [-0.15, -0.1) is 0 Å². The molecule has 0 spiro atoms. The van der Waals surface area contributed by atoms with E-state index >= 15 is 0 Å². The van der Waals surface area contributed by atoms with Gasteiger partial charge >= 0.3 is 0 Å². The van der Waals surface area contributed by atoms with Crippen LogP contribution in [0, 0.1) is 11.8 Å². The summed E-state index contributed by atoms with van der Waals surface area (Å²) in [4.78, 5) is 14.8. The van der Waals surface area contributed by atoms with Crippen molar-refractivity contribution in [3.05, 3.63) is 54.1 Å². The molecule has 1 saturated carbocycles. The summed E-state index contributed by atoms with van der Waals surface area (Å²) < 4.78 is 5.90. The van der Waals surface area contributed by atoms with Crippen LogP contribution in [-0.2, 0) is 11.2 Å². The molecule has 0 bridgehead atoms. The summed E-state index contributed by atoms with van der Waals surface area (Å²) in [6.07, 6.45) is 9.24. The summed E-state index contributed by atoms with van der Waals surface area (Å²) in [6.45, 7) is 2.79. The number of phenolic OH excluding ortho intramolecular Hbond substituents is 1. The Bertz CT molecular complexity index is 824. The largest absolute Gasteiger partial charge is 0.508 e. The zero-order chi connectivity index (χ0) is 20.9. The second kappa shape index (κ2) is 9.55. The molecule has 4 nitrogen and oxygen atoms in total. The van der Waals surface area contributed by atoms with Gasteiger partial charge in [0, 0.05) is 5.69 Å². The van der Waals surface area contributed by atoms with E-state index in [-0.39, 0.29) is 11.8 Å². The molecule has 2 aliphatic rings. The smallest absolute Gasteiger partial charge is 0.232 e. The molecule has 4 heteroatoms. The van der Waals surface area contributed by atoms with E-state index in [0.717, 1.165) is 30.7 Å². The summed E-state index contributed by atoms with van der Waals surface area (Å²) in [7, 11) is 0. The number of anilines is 1. The normalized spacial score (nSPS) is 22.0. The van der Waals surface area contributed by atoms with Crippen LogP contribution in [0.5, 0.6) is 11.5 Å². The number of β-lactam (4-membered cyclic amide) rings is 1. The highest BCUT2D eigenvalue weighted by molar-refractivity contribution is 6.03. The standard InChI is InChI=1S/C26H33NO3/c1-2-24-25(20-8-4-3-5-9-20)27(26(24)29)21-12-16-23(17-13-21)30-18-6-7-19-10-14-22(28)15-11-19/h10-17,20,24-25,28H,2-9,18H2,1H3/t24-,25-/m0/s1. The average molecular weight is 408 g/mol. The predicted octanol–water partition coefficient (Wildman–Crippen LogP) is 5.73. The maximum absolute atomic E-state index is 12.8. The number of benzene rings is 2. The molecule has 4 rings (SSSR count). The van der Waals surface area contributed by atoms with Gasteiger partial charge < -0.3 is 14.7 Å². The Balaban J connectivity index is 1.32. The van der Waals surface area contributed by atoms with Gasteiger partial charge in [0.2, 0.25) is 5.91 Å². The molecule has 1 amide bonds. The minimum atomic E-state index is 0.198. The van der Waals surface area contributed by atoms with Crippen LogP contribution in [0.2, 0.25) is 0 Å². The van der Waals surface area contributed by atoms with Crippen molar-refractivity contribution >= 4 is 11.6 Å². The van der Waals surface area contributed by atoms with Crippen molar-refractivity contribution in [2.45, 2.75) is 64.3 Å². The first kappa shape index (κ1) is 20.8. The van der Waals surface area contributed by atoms with Crippen LogP contribution < -0.4 is 9.64 Å². The number of rotatable bonds is 8. The lowest BCUT2D eigenvalue weighted by molar-refractivity contribution is -0.132. The predicted molar refractivity (Wildman–Crippen MR) is 120 cm³/mol. The van der Waals surface area contributed by atoms with Crippen molar-refractivity contribution < 1.29 is 14.6 Å². The van der Waals surface area contributed by atoms with E-state index in [1.54, 1.807) is 12.1 Å². The minimum Gasteiger partial charge on any atom is -0.508 e. The maximum atomic E-state index is 12.8. The molecule has 0 radical (unpaired) electrons. The number of aryl methyl sites for hydroxylation is 1. The fraction of sp³-hybridized carbons (Fsp3) is 0.500. The fourth-order valence-electron chi connectivity index (χ4n) is 5.13. The van der Waals surface area contributed by atoms with Gasteiger partial charge in [-0.3, -0.25) is 4.79 Å². The lowest BCUT2D eigenvalue weighted by Crippen LogP contribution is -2.64. The third-order valence-electron chi connectivity index (χ3n) is 6.77. The molecular formula is C26H33NO3. The molecule has 1 saturated heterocycles. The number of amides is 1. The monoisotopic (exact) mass is 407 g/mol. The first-order valence-electron chi connectivity index (χ1n) is 11.5. The quantitative estimate of drug-likeness (QED) is 0.449. The Morgan fingerprint density at radius 2 is 1.70 bits per heavy atom. The molecule has 1 aliphatic carbocycles. The van der Waals surface area contributed by atoms with Gasteiger partial charge in [0.05, 0.1) is 18.6 Å².